The van der Waals surface area contributed by atoms with Gasteiger partial charge in [-0.3, -0.25) is 0 Å². The molecule has 0 radical (unpaired) electrons. The van der Waals surface area contributed by atoms with Crippen LogP contribution in [0.15, 0.2) is 24.3 Å². The van der Waals surface area contributed by atoms with E-state index in [9.17, 15) is 8.78 Å². The van der Waals surface area contributed by atoms with E-state index in [1.165, 1.54) is 6.07 Å². The van der Waals surface area contributed by atoms with E-state index in [1.807, 2.05) is 0 Å². The smallest absolute Gasteiger partial charge is 0.387 e. The number of hydrogen-bond acceptors (Lipinski definition) is 1. The Balaban J connectivity index is 2.91. The highest BCUT2D eigenvalue weighted by Gasteiger charge is 2.11. The van der Waals surface area contributed by atoms with Gasteiger partial charge in [0.2, 0.25) is 0 Å². The summed E-state index contributed by atoms with van der Waals surface area (Å²) in [5.41, 5.74) is 0.574. The lowest BCUT2D eigenvalue weighted by Gasteiger charge is -2.11. The number of halogens is 3. The summed E-state index contributed by atoms with van der Waals surface area (Å²) < 4.78 is 28.1. The molecular formula is C9H9ClF2O. The van der Waals surface area contributed by atoms with Crippen molar-refractivity contribution in [2.45, 2.75) is 18.9 Å². The summed E-state index contributed by atoms with van der Waals surface area (Å²) >= 11 is 5.77. The molecule has 0 aromatic heterocycles. The molecule has 1 atom stereocenters. The summed E-state index contributed by atoms with van der Waals surface area (Å²) in [4.78, 5) is 0. The van der Waals surface area contributed by atoms with E-state index in [0.29, 0.717) is 5.56 Å². The van der Waals surface area contributed by atoms with Crippen molar-refractivity contribution in [1.82, 2.24) is 0 Å². The van der Waals surface area contributed by atoms with Crippen LogP contribution in [0.3, 0.4) is 0 Å². The van der Waals surface area contributed by atoms with Crippen LogP contribution in [0.5, 0.6) is 5.75 Å². The molecule has 0 bridgehead atoms. The molecule has 1 rings (SSSR count). The number of para-hydroxylation sites is 1. The highest BCUT2D eigenvalue weighted by Crippen LogP contribution is 2.29. The quantitative estimate of drug-likeness (QED) is 0.687. The molecule has 0 aliphatic rings. The Morgan fingerprint density at radius 2 is 1.92 bits per heavy atom. The molecule has 0 N–H and O–H groups in total. The van der Waals surface area contributed by atoms with Gasteiger partial charge in [-0.15, -0.1) is 11.6 Å². The van der Waals surface area contributed by atoms with Gasteiger partial charge in [0.05, 0.1) is 5.38 Å². The molecule has 13 heavy (non-hydrogen) atoms. The average Bonchev–Trinajstić information content (AvgIpc) is 2.03. The second kappa shape index (κ2) is 4.42. The van der Waals surface area contributed by atoms with Crippen molar-refractivity contribution in [2.24, 2.45) is 0 Å². The highest BCUT2D eigenvalue weighted by molar-refractivity contribution is 6.20. The molecule has 4 heteroatoms. The van der Waals surface area contributed by atoms with Crippen LogP contribution in [0.2, 0.25) is 0 Å². The first kappa shape index (κ1) is 10.3. The van der Waals surface area contributed by atoms with Crippen molar-refractivity contribution in [2.75, 3.05) is 0 Å². The summed E-state index contributed by atoms with van der Waals surface area (Å²) in [6.45, 7) is -1.11. The predicted molar refractivity (Wildman–Crippen MR) is 47.3 cm³/mol. The van der Waals surface area contributed by atoms with Gasteiger partial charge in [-0.05, 0) is 13.0 Å². The zero-order valence-electron chi connectivity index (χ0n) is 7.01. The van der Waals surface area contributed by atoms with Gasteiger partial charge in [0.15, 0.2) is 0 Å². The average molecular weight is 207 g/mol. The number of ether oxygens (including phenoxy) is 1. The first-order valence-electron chi connectivity index (χ1n) is 3.79. The van der Waals surface area contributed by atoms with Crippen molar-refractivity contribution in [3.63, 3.8) is 0 Å². The number of hydrogen-bond donors (Lipinski definition) is 0. The minimum absolute atomic E-state index is 0.139. The van der Waals surface area contributed by atoms with Crippen molar-refractivity contribution in [3.05, 3.63) is 29.8 Å². The number of benzene rings is 1. The van der Waals surface area contributed by atoms with Gasteiger partial charge >= 0.3 is 6.61 Å². The Morgan fingerprint density at radius 3 is 2.46 bits per heavy atom. The van der Waals surface area contributed by atoms with Crippen LogP contribution in [-0.2, 0) is 0 Å². The Kier molecular flexibility index (Phi) is 3.48. The maximum Gasteiger partial charge on any atom is 0.387 e. The van der Waals surface area contributed by atoms with Crippen LogP contribution < -0.4 is 4.74 Å². The van der Waals surface area contributed by atoms with Gasteiger partial charge in [-0.1, -0.05) is 18.2 Å². The van der Waals surface area contributed by atoms with Crippen LogP contribution in [0, 0.1) is 0 Å². The zero-order valence-corrected chi connectivity index (χ0v) is 7.76. The molecule has 0 heterocycles. The normalized spacial score (nSPS) is 13.0. The van der Waals surface area contributed by atoms with Gasteiger partial charge in [0.1, 0.15) is 5.75 Å². The first-order valence-corrected chi connectivity index (χ1v) is 4.22. The number of alkyl halides is 3. The first-order chi connectivity index (χ1) is 6.11. The third-order valence-electron chi connectivity index (χ3n) is 1.56. The molecule has 1 nitrogen and oxygen atoms in total. The van der Waals surface area contributed by atoms with Crippen LogP contribution in [-0.4, -0.2) is 6.61 Å². The summed E-state index contributed by atoms with van der Waals surface area (Å²) in [6, 6.07) is 6.49. The van der Waals surface area contributed by atoms with E-state index in [4.69, 9.17) is 11.6 Å². The van der Waals surface area contributed by atoms with Gasteiger partial charge in [-0.2, -0.15) is 8.78 Å². The van der Waals surface area contributed by atoms with Crippen LogP contribution in [0.1, 0.15) is 17.9 Å². The molecule has 0 aliphatic carbocycles. The monoisotopic (exact) mass is 206 g/mol. The molecular weight excluding hydrogens is 198 g/mol. The molecule has 0 saturated carbocycles. The lowest BCUT2D eigenvalue weighted by atomic mass is 10.1. The summed E-state index contributed by atoms with van der Waals surface area (Å²) in [5.74, 6) is 0.139. The number of rotatable bonds is 3. The zero-order chi connectivity index (χ0) is 9.84. The molecule has 0 aliphatic heterocycles. The van der Waals surface area contributed by atoms with Crippen LogP contribution in [0.25, 0.3) is 0 Å². The van der Waals surface area contributed by atoms with Crippen molar-refractivity contribution < 1.29 is 13.5 Å². The molecule has 0 amide bonds. The van der Waals surface area contributed by atoms with Crippen molar-refractivity contribution >= 4 is 11.6 Å². The van der Waals surface area contributed by atoms with E-state index in [1.54, 1.807) is 25.1 Å². The van der Waals surface area contributed by atoms with Gasteiger partial charge in [-0.25, -0.2) is 0 Å². The lowest BCUT2D eigenvalue weighted by Crippen LogP contribution is -2.04. The molecule has 0 saturated heterocycles. The Bertz CT molecular complexity index is 276. The third kappa shape index (κ3) is 2.84. The molecule has 1 unspecified atom stereocenters. The fourth-order valence-electron chi connectivity index (χ4n) is 1.01. The van der Waals surface area contributed by atoms with Gasteiger partial charge < -0.3 is 4.74 Å². The Labute approximate surface area is 80.3 Å². The fourth-order valence-corrected chi connectivity index (χ4v) is 1.19. The SMILES string of the molecule is CC(Cl)c1ccccc1OC(F)F. The van der Waals surface area contributed by atoms with E-state index in [2.05, 4.69) is 4.74 Å². The topological polar surface area (TPSA) is 9.23 Å². The minimum atomic E-state index is -2.81. The van der Waals surface area contributed by atoms with Crippen molar-refractivity contribution in [3.8, 4) is 5.75 Å². The largest absolute Gasteiger partial charge is 0.434 e. The lowest BCUT2D eigenvalue weighted by molar-refractivity contribution is -0.0504. The van der Waals surface area contributed by atoms with Gasteiger partial charge in [0.25, 0.3) is 0 Å². The van der Waals surface area contributed by atoms with E-state index in [-0.39, 0.29) is 11.1 Å². The van der Waals surface area contributed by atoms with Crippen LogP contribution >= 0.6 is 11.6 Å². The summed E-state index contributed by atoms with van der Waals surface area (Å²) in [6.07, 6.45) is 0. The van der Waals surface area contributed by atoms with Gasteiger partial charge in [0, 0.05) is 5.56 Å². The molecule has 1 aromatic rings. The maximum absolute atomic E-state index is 11.9. The molecule has 72 valence electrons. The predicted octanol–water partition coefficient (Wildman–Crippen LogP) is 3.59. The Hall–Kier alpha value is -0.830. The summed E-state index contributed by atoms with van der Waals surface area (Å²) in [5, 5.41) is -0.338. The molecule has 1 aromatic carbocycles. The summed E-state index contributed by atoms with van der Waals surface area (Å²) in [7, 11) is 0. The van der Waals surface area contributed by atoms with E-state index < -0.39 is 6.61 Å². The third-order valence-corrected chi connectivity index (χ3v) is 1.80. The van der Waals surface area contributed by atoms with Crippen molar-refractivity contribution in [1.29, 1.82) is 0 Å². The Morgan fingerprint density at radius 1 is 1.31 bits per heavy atom. The molecule has 0 spiro atoms. The van der Waals surface area contributed by atoms with E-state index in [0.717, 1.165) is 0 Å². The fraction of sp³-hybridized carbons (Fsp3) is 0.333. The highest BCUT2D eigenvalue weighted by atomic mass is 35.5. The van der Waals surface area contributed by atoms with Crippen LogP contribution in [0.4, 0.5) is 8.78 Å². The second-order valence-electron chi connectivity index (χ2n) is 2.53. The molecule has 0 fully saturated rings. The maximum atomic E-state index is 11.9. The minimum Gasteiger partial charge on any atom is -0.434 e. The second-order valence-corrected chi connectivity index (χ2v) is 3.19. The van der Waals surface area contributed by atoms with E-state index >= 15 is 0 Å². The standard InChI is InChI=1S/C9H9ClF2O/c1-6(10)7-4-2-3-5-8(7)13-9(11)12/h2-6,9H,1H3.